The number of rotatable bonds is 4. The predicted molar refractivity (Wildman–Crippen MR) is 81.7 cm³/mol. The minimum Gasteiger partial charge on any atom is -0.455 e. The highest BCUT2D eigenvalue weighted by Crippen LogP contribution is 2.31. The molecule has 0 N–H and O–H groups in total. The Labute approximate surface area is 130 Å². The monoisotopic (exact) mass is 346 g/mol. The molecule has 5 nitrogen and oxygen atoms in total. The molecule has 106 valence electrons. The third kappa shape index (κ3) is 3.38. The Morgan fingerprint density at radius 1 is 1.29 bits per heavy atom. The number of hydrogen-bond donors (Lipinski definition) is 0. The van der Waals surface area contributed by atoms with Crippen LogP contribution in [0.25, 0.3) is 0 Å². The standard InChI is InChI=1S/C15H11BrN2O3/c1-10-2-4-13(18(19)20)7-15(10)21-14-5-3-11(8-16)6-12(14)9-17/h2-7H,8H2,1H3. The van der Waals surface area contributed by atoms with E-state index < -0.39 is 4.92 Å². The van der Waals surface area contributed by atoms with Gasteiger partial charge in [0.25, 0.3) is 5.69 Å². The smallest absolute Gasteiger partial charge is 0.273 e. The molecular weight excluding hydrogens is 336 g/mol. The van der Waals surface area contributed by atoms with E-state index in [1.54, 1.807) is 25.1 Å². The van der Waals surface area contributed by atoms with E-state index in [0.29, 0.717) is 22.4 Å². The molecule has 0 unspecified atom stereocenters. The number of alkyl halides is 1. The molecule has 2 aromatic rings. The van der Waals surface area contributed by atoms with Gasteiger partial charge in [0.1, 0.15) is 17.6 Å². The van der Waals surface area contributed by atoms with Gasteiger partial charge in [-0.25, -0.2) is 0 Å². The second kappa shape index (κ2) is 6.37. The Morgan fingerprint density at radius 3 is 2.67 bits per heavy atom. The summed E-state index contributed by atoms with van der Waals surface area (Å²) in [5, 5.41) is 20.6. The molecule has 0 saturated carbocycles. The minimum atomic E-state index is -0.481. The average Bonchev–Trinajstić information content (AvgIpc) is 2.49. The number of nitro benzene ring substituents is 1. The van der Waals surface area contributed by atoms with Crippen molar-refractivity contribution in [2.75, 3.05) is 0 Å². The summed E-state index contributed by atoms with van der Waals surface area (Å²) in [7, 11) is 0. The Morgan fingerprint density at radius 2 is 2.05 bits per heavy atom. The summed E-state index contributed by atoms with van der Waals surface area (Å²) < 4.78 is 5.68. The van der Waals surface area contributed by atoms with Crippen LogP contribution in [0.3, 0.4) is 0 Å². The molecule has 0 bridgehead atoms. The zero-order valence-electron chi connectivity index (χ0n) is 11.2. The Hall–Kier alpha value is -2.39. The van der Waals surface area contributed by atoms with Crippen LogP contribution in [-0.2, 0) is 5.33 Å². The molecule has 0 amide bonds. The Bertz CT molecular complexity index is 738. The summed E-state index contributed by atoms with van der Waals surface area (Å²) in [6.07, 6.45) is 0. The molecule has 2 aromatic carbocycles. The number of halogens is 1. The molecule has 0 saturated heterocycles. The normalized spacial score (nSPS) is 9.95. The van der Waals surface area contributed by atoms with Gasteiger partial charge in [0, 0.05) is 11.4 Å². The molecule has 0 aliphatic carbocycles. The first kappa shape index (κ1) is 15.0. The number of non-ortho nitro benzene ring substituents is 1. The second-order valence-electron chi connectivity index (χ2n) is 4.38. The number of nitrogens with zero attached hydrogens (tertiary/aromatic N) is 2. The van der Waals surface area contributed by atoms with Gasteiger partial charge >= 0.3 is 0 Å². The van der Waals surface area contributed by atoms with Crippen molar-refractivity contribution in [3.8, 4) is 17.6 Å². The fraction of sp³-hybridized carbons (Fsp3) is 0.133. The van der Waals surface area contributed by atoms with E-state index in [1.165, 1.54) is 12.1 Å². The molecule has 0 fully saturated rings. The van der Waals surface area contributed by atoms with Crippen molar-refractivity contribution >= 4 is 21.6 Å². The maximum absolute atomic E-state index is 10.8. The quantitative estimate of drug-likeness (QED) is 0.465. The van der Waals surface area contributed by atoms with Gasteiger partial charge in [0.15, 0.2) is 0 Å². The highest BCUT2D eigenvalue weighted by Gasteiger charge is 2.12. The number of hydrogen-bond acceptors (Lipinski definition) is 4. The van der Waals surface area contributed by atoms with Crippen LogP contribution in [0.2, 0.25) is 0 Å². The van der Waals surface area contributed by atoms with E-state index in [4.69, 9.17) is 4.74 Å². The Kier molecular flexibility index (Phi) is 4.55. The number of ether oxygens (including phenoxy) is 1. The molecule has 0 aromatic heterocycles. The number of benzene rings is 2. The van der Waals surface area contributed by atoms with Crippen LogP contribution in [0.15, 0.2) is 36.4 Å². The van der Waals surface area contributed by atoms with E-state index in [2.05, 4.69) is 22.0 Å². The van der Waals surface area contributed by atoms with Crippen LogP contribution in [0.5, 0.6) is 11.5 Å². The van der Waals surface area contributed by atoms with Crippen LogP contribution < -0.4 is 4.74 Å². The van der Waals surface area contributed by atoms with Crippen LogP contribution in [-0.4, -0.2) is 4.92 Å². The molecule has 21 heavy (non-hydrogen) atoms. The number of aryl methyl sites for hydroxylation is 1. The van der Waals surface area contributed by atoms with E-state index in [0.717, 1.165) is 11.1 Å². The third-order valence-corrected chi connectivity index (χ3v) is 3.57. The molecule has 0 spiro atoms. The summed E-state index contributed by atoms with van der Waals surface area (Å²) in [6, 6.07) is 11.7. The molecule has 6 heteroatoms. The maximum Gasteiger partial charge on any atom is 0.273 e. The average molecular weight is 347 g/mol. The zero-order chi connectivity index (χ0) is 15.4. The zero-order valence-corrected chi connectivity index (χ0v) is 12.8. The topological polar surface area (TPSA) is 76.2 Å². The molecule has 0 aliphatic rings. The molecule has 0 heterocycles. The molecule has 2 rings (SSSR count). The first-order valence-corrected chi connectivity index (χ1v) is 7.19. The first-order chi connectivity index (χ1) is 10.0. The number of nitriles is 1. The fourth-order valence-electron chi connectivity index (χ4n) is 1.77. The van der Waals surface area contributed by atoms with Crippen molar-refractivity contribution in [1.29, 1.82) is 5.26 Å². The minimum absolute atomic E-state index is 0.0498. The van der Waals surface area contributed by atoms with Gasteiger partial charge in [0.05, 0.1) is 16.6 Å². The van der Waals surface area contributed by atoms with E-state index in [-0.39, 0.29) is 5.69 Å². The van der Waals surface area contributed by atoms with Crippen molar-refractivity contribution in [3.05, 3.63) is 63.2 Å². The SMILES string of the molecule is Cc1ccc([N+](=O)[O-])cc1Oc1ccc(CBr)cc1C#N. The summed E-state index contributed by atoms with van der Waals surface area (Å²) in [4.78, 5) is 10.3. The predicted octanol–water partition coefficient (Wildman–Crippen LogP) is 4.46. The van der Waals surface area contributed by atoms with Crippen LogP contribution >= 0.6 is 15.9 Å². The van der Waals surface area contributed by atoms with Crippen molar-refractivity contribution < 1.29 is 9.66 Å². The van der Waals surface area contributed by atoms with Gasteiger partial charge in [-0.05, 0) is 36.2 Å². The van der Waals surface area contributed by atoms with E-state index >= 15 is 0 Å². The number of nitro groups is 1. The lowest BCUT2D eigenvalue weighted by atomic mass is 10.1. The van der Waals surface area contributed by atoms with Crippen molar-refractivity contribution in [2.45, 2.75) is 12.3 Å². The van der Waals surface area contributed by atoms with Crippen LogP contribution in [0.4, 0.5) is 5.69 Å². The summed E-state index contributed by atoms with van der Waals surface area (Å²) in [6.45, 7) is 1.79. The molecule has 0 radical (unpaired) electrons. The molecule has 0 aliphatic heterocycles. The largest absolute Gasteiger partial charge is 0.455 e. The maximum atomic E-state index is 10.8. The lowest BCUT2D eigenvalue weighted by Crippen LogP contribution is -1.94. The summed E-state index contributed by atoms with van der Waals surface area (Å²) >= 11 is 3.32. The van der Waals surface area contributed by atoms with Gasteiger partial charge in [-0.1, -0.05) is 22.0 Å². The molecule has 0 atom stereocenters. The lowest BCUT2D eigenvalue weighted by Gasteiger charge is -2.10. The van der Waals surface area contributed by atoms with Gasteiger partial charge < -0.3 is 4.74 Å². The van der Waals surface area contributed by atoms with E-state index in [1.807, 2.05) is 6.07 Å². The van der Waals surface area contributed by atoms with E-state index in [9.17, 15) is 15.4 Å². The first-order valence-electron chi connectivity index (χ1n) is 6.07. The molecular formula is C15H11BrN2O3. The van der Waals surface area contributed by atoms with Gasteiger partial charge in [0.2, 0.25) is 0 Å². The van der Waals surface area contributed by atoms with Gasteiger partial charge in [-0.15, -0.1) is 0 Å². The lowest BCUT2D eigenvalue weighted by molar-refractivity contribution is -0.384. The van der Waals surface area contributed by atoms with Crippen molar-refractivity contribution in [2.24, 2.45) is 0 Å². The van der Waals surface area contributed by atoms with Gasteiger partial charge in [-0.3, -0.25) is 10.1 Å². The van der Waals surface area contributed by atoms with Crippen LogP contribution in [0.1, 0.15) is 16.7 Å². The highest BCUT2D eigenvalue weighted by molar-refractivity contribution is 9.08. The van der Waals surface area contributed by atoms with Crippen LogP contribution in [0, 0.1) is 28.4 Å². The summed E-state index contributed by atoms with van der Waals surface area (Å²) in [5.74, 6) is 0.748. The fourth-order valence-corrected chi connectivity index (χ4v) is 2.12. The van der Waals surface area contributed by atoms with Gasteiger partial charge in [-0.2, -0.15) is 5.26 Å². The van der Waals surface area contributed by atoms with Crippen molar-refractivity contribution in [3.63, 3.8) is 0 Å². The van der Waals surface area contributed by atoms with Crippen molar-refractivity contribution in [1.82, 2.24) is 0 Å². The third-order valence-electron chi connectivity index (χ3n) is 2.92. The Balaban J connectivity index is 2.40. The second-order valence-corrected chi connectivity index (χ2v) is 4.95. The summed E-state index contributed by atoms with van der Waals surface area (Å²) in [5.41, 5.74) is 2.05. The highest BCUT2D eigenvalue weighted by atomic mass is 79.9.